The van der Waals surface area contributed by atoms with E-state index in [4.69, 9.17) is 20.9 Å². The molecule has 30 heavy (non-hydrogen) atoms. The molecule has 0 spiro atoms. The second-order valence-corrected chi connectivity index (χ2v) is 9.08. The molecule has 0 aliphatic heterocycles. The third-order valence-electron chi connectivity index (χ3n) is 6.32. The van der Waals surface area contributed by atoms with Crippen molar-refractivity contribution >= 4 is 11.5 Å². The SMILES string of the molecule is COCCNc1c(OC2CCC(N)CC2)ccc2c1CC(C)(C)c1c(N)ncnc1-2. The Hall–Kier alpha value is -2.38. The standard InChI is InChI=1S/C23H33N5O2/c1-23(2)12-17-16(21-19(23)22(25)28-13-27-21)8-9-18(20(17)26-10-11-29-3)30-15-6-4-14(24)5-7-15/h8-9,13-15,26H,4-7,10-12,24H2,1-3H3,(H2,25,27,28). The summed E-state index contributed by atoms with van der Waals surface area (Å²) in [5, 5.41) is 3.57. The zero-order valence-electron chi connectivity index (χ0n) is 18.2. The summed E-state index contributed by atoms with van der Waals surface area (Å²) >= 11 is 0. The van der Waals surface area contributed by atoms with Gasteiger partial charge in [-0.1, -0.05) is 13.8 Å². The quantitative estimate of drug-likeness (QED) is 0.626. The summed E-state index contributed by atoms with van der Waals surface area (Å²) in [6, 6.07) is 4.47. The van der Waals surface area contributed by atoms with Crippen molar-refractivity contribution in [2.24, 2.45) is 5.73 Å². The fraction of sp³-hybridized carbons (Fsp3) is 0.565. The number of rotatable bonds is 6. The third kappa shape index (κ3) is 3.96. The first-order chi connectivity index (χ1) is 14.4. The number of hydrogen-bond acceptors (Lipinski definition) is 7. The summed E-state index contributed by atoms with van der Waals surface area (Å²) < 4.78 is 11.8. The van der Waals surface area contributed by atoms with Gasteiger partial charge in [-0.15, -0.1) is 0 Å². The van der Waals surface area contributed by atoms with Gasteiger partial charge in [0.2, 0.25) is 0 Å². The molecule has 0 bridgehead atoms. The molecule has 1 aromatic carbocycles. The Morgan fingerprint density at radius 3 is 2.67 bits per heavy atom. The summed E-state index contributed by atoms with van der Waals surface area (Å²) in [4.78, 5) is 8.85. The summed E-state index contributed by atoms with van der Waals surface area (Å²) in [6.45, 7) is 5.72. The van der Waals surface area contributed by atoms with Crippen molar-refractivity contribution in [1.29, 1.82) is 0 Å². The molecule has 2 aliphatic rings. The molecule has 0 atom stereocenters. The third-order valence-corrected chi connectivity index (χ3v) is 6.32. The minimum absolute atomic E-state index is 0.179. The Balaban J connectivity index is 1.75. The Morgan fingerprint density at radius 2 is 1.93 bits per heavy atom. The summed E-state index contributed by atoms with van der Waals surface area (Å²) in [5.74, 6) is 1.45. The number of aromatic nitrogens is 2. The maximum atomic E-state index is 6.50. The lowest BCUT2D eigenvalue weighted by molar-refractivity contribution is 0.147. The van der Waals surface area contributed by atoms with Crippen LogP contribution < -0.4 is 21.5 Å². The highest BCUT2D eigenvalue weighted by Gasteiger charge is 2.36. The Morgan fingerprint density at radius 1 is 1.17 bits per heavy atom. The van der Waals surface area contributed by atoms with Crippen LogP contribution in [0.25, 0.3) is 11.3 Å². The van der Waals surface area contributed by atoms with Gasteiger partial charge in [0.1, 0.15) is 17.9 Å². The summed E-state index contributed by atoms with van der Waals surface area (Å²) in [6.07, 6.45) is 6.59. The van der Waals surface area contributed by atoms with Crippen molar-refractivity contribution in [1.82, 2.24) is 9.97 Å². The minimum Gasteiger partial charge on any atom is -0.488 e. The summed E-state index contributed by atoms with van der Waals surface area (Å²) in [7, 11) is 1.71. The molecule has 2 aromatic rings. The Kier molecular flexibility index (Phi) is 5.84. The average Bonchev–Trinajstić information content (AvgIpc) is 2.71. The predicted octanol–water partition coefficient (Wildman–Crippen LogP) is 3.27. The molecule has 5 N–H and O–H groups in total. The lowest BCUT2D eigenvalue weighted by atomic mass is 9.71. The van der Waals surface area contributed by atoms with Gasteiger partial charge in [0.05, 0.1) is 24.1 Å². The van der Waals surface area contributed by atoms with Crippen LogP contribution >= 0.6 is 0 Å². The van der Waals surface area contributed by atoms with E-state index in [2.05, 4.69) is 41.3 Å². The molecule has 1 heterocycles. The number of hydrogen-bond donors (Lipinski definition) is 3. The number of nitrogens with zero attached hydrogens (tertiary/aromatic N) is 2. The van der Waals surface area contributed by atoms with E-state index >= 15 is 0 Å². The van der Waals surface area contributed by atoms with Gasteiger partial charge in [0.15, 0.2) is 0 Å². The summed E-state index contributed by atoms with van der Waals surface area (Å²) in [5.41, 5.74) is 17.4. The van der Waals surface area contributed by atoms with Crippen LogP contribution in [-0.2, 0) is 16.6 Å². The fourth-order valence-corrected chi connectivity index (χ4v) is 4.79. The molecule has 1 fully saturated rings. The molecular formula is C23H33N5O2. The first kappa shape index (κ1) is 20.9. The molecule has 0 unspecified atom stereocenters. The van der Waals surface area contributed by atoms with Gasteiger partial charge < -0.3 is 26.3 Å². The number of nitrogen functional groups attached to an aromatic ring is 1. The van der Waals surface area contributed by atoms with Crippen molar-refractivity contribution in [3.05, 3.63) is 29.6 Å². The number of benzene rings is 1. The maximum absolute atomic E-state index is 6.50. The molecule has 2 aliphatic carbocycles. The molecule has 7 heteroatoms. The van der Waals surface area contributed by atoms with Gasteiger partial charge >= 0.3 is 0 Å². The average molecular weight is 412 g/mol. The second kappa shape index (κ2) is 8.40. The van der Waals surface area contributed by atoms with Gasteiger partial charge in [-0.2, -0.15) is 0 Å². The molecule has 7 nitrogen and oxygen atoms in total. The van der Waals surface area contributed by atoms with E-state index in [1.165, 1.54) is 5.56 Å². The van der Waals surface area contributed by atoms with Gasteiger partial charge in [0.25, 0.3) is 0 Å². The van der Waals surface area contributed by atoms with E-state index in [0.29, 0.717) is 25.0 Å². The first-order valence-electron chi connectivity index (χ1n) is 10.8. The molecule has 1 aromatic heterocycles. The van der Waals surface area contributed by atoms with Gasteiger partial charge in [-0.05, 0) is 55.2 Å². The zero-order chi connectivity index (χ0) is 21.3. The molecule has 0 radical (unpaired) electrons. The lowest BCUT2D eigenvalue weighted by Crippen LogP contribution is -2.32. The highest BCUT2D eigenvalue weighted by atomic mass is 16.5. The van der Waals surface area contributed by atoms with E-state index in [0.717, 1.165) is 60.4 Å². The normalized spacial score (nSPS) is 22.1. The number of methoxy groups -OCH3 is 1. The highest BCUT2D eigenvalue weighted by Crippen LogP contribution is 2.48. The van der Waals surface area contributed by atoms with E-state index in [9.17, 15) is 0 Å². The molecular weight excluding hydrogens is 378 g/mol. The number of anilines is 2. The lowest BCUT2D eigenvalue weighted by Gasteiger charge is -2.36. The minimum atomic E-state index is -0.179. The molecule has 1 saturated carbocycles. The maximum Gasteiger partial charge on any atom is 0.143 e. The van der Waals surface area contributed by atoms with E-state index in [1.807, 2.05) is 0 Å². The van der Waals surface area contributed by atoms with Crippen LogP contribution in [0.3, 0.4) is 0 Å². The van der Waals surface area contributed by atoms with Gasteiger partial charge in [0, 0.05) is 30.8 Å². The molecule has 0 saturated heterocycles. The second-order valence-electron chi connectivity index (χ2n) is 9.08. The van der Waals surface area contributed by atoms with Gasteiger partial charge in [-0.25, -0.2) is 9.97 Å². The first-order valence-corrected chi connectivity index (χ1v) is 10.8. The predicted molar refractivity (Wildman–Crippen MR) is 120 cm³/mol. The van der Waals surface area contributed by atoms with Crippen LogP contribution in [0.4, 0.5) is 11.5 Å². The monoisotopic (exact) mass is 411 g/mol. The van der Waals surface area contributed by atoms with Gasteiger partial charge in [-0.3, -0.25) is 0 Å². The smallest absolute Gasteiger partial charge is 0.143 e. The van der Waals surface area contributed by atoms with Crippen molar-refractivity contribution < 1.29 is 9.47 Å². The van der Waals surface area contributed by atoms with E-state index in [-0.39, 0.29) is 11.5 Å². The van der Waals surface area contributed by atoms with Crippen LogP contribution in [-0.4, -0.2) is 42.4 Å². The van der Waals surface area contributed by atoms with Crippen molar-refractivity contribution in [2.75, 3.05) is 31.3 Å². The van der Waals surface area contributed by atoms with E-state index < -0.39 is 0 Å². The topological polar surface area (TPSA) is 108 Å². The van der Waals surface area contributed by atoms with Crippen molar-refractivity contribution in [3.8, 4) is 17.0 Å². The van der Waals surface area contributed by atoms with Crippen LogP contribution in [0, 0.1) is 0 Å². The zero-order valence-corrected chi connectivity index (χ0v) is 18.2. The molecule has 0 amide bonds. The molecule has 4 rings (SSSR count). The highest BCUT2D eigenvalue weighted by molar-refractivity contribution is 5.82. The Bertz CT molecular complexity index is 907. The van der Waals surface area contributed by atoms with Crippen LogP contribution in [0.1, 0.15) is 50.7 Å². The number of nitrogens with one attached hydrogen (secondary N) is 1. The van der Waals surface area contributed by atoms with Crippen LogP contribution in [0.2, 0.25) is 0 Å². The number of fused-ring (bicyclic) bond motifs is 3. The fourth-order valence-electron chi connectivity index (χ4n) is 4.79. The number of ether oxygens (including phenoxy) is 2. The van der Waals surface area contributed by atoms with Crippen molar-refractivity contribution in [2.45, 2.75) is 63.5 Å². The molecule has 162 valence electrons. The van der Waals surface area contributed by atoms with Crippen LogP contribution in [0.15, 0.2) is 18.5 Å². The van der Waals surface area contributed by atoms with Crippen molar-refractivity contribution in [3.63, 3.8) is 0 Å². The van der Waals surface area contributed by atoms with E-state index in [1.54, 1.807) is 13.4 Å². The number of nitrogens with two attached hydrogens (primary N) is 2. The largest absolute Gasteiger partial charge is 0.488 e. The van der Waals surface area contributed by atoms with Crippen LogP contribution in [0.5, 0.6) is 5.75 Å². The Labute approximate surface area is 178 Å².